The second-order valence-corrected chi connectivity index (χ2v) is 7.55. The van der Waals surface area contributed by atoms with Gasteiger partial charge in [0.1, 0.15) is 16.7 Å². The normalized spacial score (nSPS) is 12.1. The van der Waals surface area contributed by atoms with Crippen LogP contribution in [-0.2, 0) is 9.47 Å². The Morgan fingerprint density at radius 1 is 1.12 bits per heavy atom. The van der Waals surface area contributed by atoms with E-state index in [-0.39, 0.29) is 16.7 Å². The van der Waals surface area contributed by atoms with Crippen molar-refractivity contribution in [1.82, 2.24) is 9.55 Å². The molecular formula is C17H22FN3O4. The van der Waals surface area contributed by atoms with Crippen molar-refractivity contribution in [3.05, 3.63) is 24.3 Å². The van der Waals surface area contributed by atoms with Crippen molar-refractivity contribution in [3.63, 3.8) is 0 Å². The highest BCUT2D eigenvalue weighted by molar-refractivity contribution is 5.92. The highest BCUT2D eigenvalue weighted by Crippen LogP contribution is 2.23. The zero-order valence-corrected chi connectivity index (χ0v) is 15.1. The summed E-state index contributed by atoms with van der Waals surface area (Å²) in [5.74, 6) is -0.662. The van der Waals surface area contributed by atoms with Crippen molar-refractivity contribution < 1.29 is 23.5 Å². The highest BCUT2D eigenvalue weighted by Gasteiger charge is 2.22. The van der Waals surface area contributed by atoms with Crippen LogP contribution in [0.25, 0.3) is 11.0 Å². The molecule has 0 fully saturated rings. The largest absolute Gasteiger partial charge is 0.444 e. The number of nitrogens with zero attached hydrogens (tertiary/aromatic N) is 2. The Labute approximate surface area is 145 Å². The molecule has 1 N–H and O–H groups in total. The molecule has 7 nitrogen and oxygen atoms in total. The lowest BCUT2D eigenvalue weighted by Crippen LogP contribution is -2.27. The van der Waals surface area contributed by atoms with Crippen LogP contribution in [0, 0.1) is 5.82 Å². The summed E-state index contributed by atoms with van der Waals surface area (Å²) in [6.07, 6.45) is 0.875. The van der Waals surface area contributed by atoms with E-state index in [1.807, 2.05) is 0 Å². The molecule has 0 aliphatic carbocycles. The van der Waals surface area contributed by atoms with Gasteiger partial charge in [-0.2, -0.15) is 0 Å². The number of fused-ring (bicyclic) bond motifs is 1. The molecule has 0 aromatic carbocycles. The molecule has 8 heteroatoms. The molecule has 0 radical (unpaired) electrons. The van der Waals surface area contributed by atoms with Crippen LogP contribution >= 0.6 is 0 Å². The summed E-state index contributed by atoms with van der Waals surface area (Å²) in [5, 5.41) is 2.50. The Bertz CT molecular complexity index is 816. The van der Waals surface area contributed by atoms with Crippen LogP contribution in [-0.4, -0.2) is 32.9 Å². The Morgan fingerprint density at radius 3 is 2.28 bits per heavy atom. The second-order valence-electron chi connectivity index (χ2n) is 7.55. The standard InChI is InChI=1S/C17H22FN3O4/c1-16(2,3)24-14(22)20-10-7-12-13(19-8-10)11(18)9-21(12)15(23)25-17(4,5)6/h7-9H,1-6H3,(H,20,22). The zero-order chi connectivity index (χ0) is 19.0. The van der Waals surface area contributed by atoms with Crippen molar-refractivity contribution in [2.75, 3.05) is 5.32 Å². The Balaban J connectivity index is 2.33. The third-order valence-corrected chi connectivity index (χ3v) is 2.83. The molecule has 0 aliphatic heterocycles. The number of hydrogen-bond acceptors (Lipinski definition) is 5. The van der Waals surface area contributed by atoms with E-state index in [4.69, 9.17) is 9.47 Å². The molecule has 0 unspecified atom stereocenters. The molecule has 25 heavy (non-hydrogen) atoms. The molecule has 0 atom stereocenters. The fourth-order valence-electron chi connectivity index (χ4n) is 2.02. The zero-order valence-electron chi connectivity index (χ0n) is 15.1. The minimum absolute atomic E-state index is 0.000554. The molecule has 136 valence electrons. The molecule has 0 bridgehead atoms. The van der Waals surface area contributed by atoms with Crippen LogP contribution in [0.5, 0.6) is 0 Å². The number of hydrogen-bond donors (Lipinski definition) is 1. The van der Waals surface area contributed by atoms with Gasteiger partial charge in [0.05, 0.1) is 23.6 Å². The van der Waals surface area contributed by atoms with Gasteiger partial charge in [0.15, 0.2) is 5.82 Å². The van der Waals surface area contributed by atoms with Gasteiger partial charge in [-0.3, -0.25) is 5.32 Å². The van der Waals surface area contributed by atoms with E-state index < -0.39 is 29.2 Å². The molecule has 2 aromatic heterocycles. The number of nitrogens with one attached hydrogen (secondary N) is 1. The molecule has 0 saturated heterocycles. The number of anilines is 1. The van der Waals surface area contributed by atoms with Gasteiger partial charge in [-0.15, -0.1) is 0 Å². The lowest BCUT2D eigenvalue weighted by molar-refractivity contribution is 0.0542. The predicted octanol–water partition coefficient (Wildman–Crippen LogP) is 4.31. The van der Waals surface area contributed by atoms with E-state index in [1.54, 1.807) is 41.5 Å². The van der Waals surface area contributed by atoms with Gasteiger partial charge in [0, 0.05) is 0 Å². The first-order valence-electron chi connectivity index (χ1n) is 7.76. The van der Waals surface area contributed by atoms with E-state index in [1.165, 1.54) is 12.3 Å². The van der Waals surface area contributed by atoms with Gasteiger partial charge in [0.2, 0.25) is 0 Å². The predicted molar refractivity (Wildman–Crippen MR) is 91.2 cm³/mol. The first kappa shape index (κ1) is 18.7. The maximum atomic E-state index is 14.0. The summed E-state index contributed by atoms with van der Waals surface area (Å²) in [6.45, 7) is 10.3. The molecule has 0 spiro atoms. The molecule has 2 heterocycles. The number of amides is 1. The third-order valence-electron chi connectivity index (χ3n) is 2.83. The van der Waals surface area contributed by atoms with E-state index in [9.17, 15) is 14.0 Å². The average Bonchev–Trinajstić information content (AvgIpc) is 2.71. The monoisotopic (exact) mass is 351 g/mol. The smallest absolute Gasteiger partial charge is 0.419 e. The maximum absolute atomic E-state index is 14.0. The highest BCUT2D eigenvalue weighted by atomic mass is 19.1. The van der Waals surface area contributed by atoms with Crippen LogP contribution in [0.3, 0.4) is 0 Å². The number of ether oxygens (including phenoxy) is 2. The SMILES string of the molecule is CC(C)(C)OC(=O)Nc1cnc2c(F)cn(C(=O)OC(C)(C)C)c2c1. The Hall–Kier alpha value is -2.64. The first-order valence-corrected chi connectivity index (χ1v) is 7.76. The Morgan fingerprint density at radius 2 is 1.72 bits per heavy atom. The van der Waals surface area contributed by atoms with Gasteiger partial charge in [-0.25, -0.2) is 23.5 Å². The minimum atomic E-state index is -0.738. The summed E-state index contributed by atoms with van der Waals surface area (Å²) < 4.78 is 25.4. The van der Waals surface area contributed by atoms with E-state index in [2.05, 4.69) is 10.3 Å². The van der Waals surface area contributed by atoms with E-state index >= 15 is 0 Å². The second kappa shape index (κ2) is 6.34. The molecule has 0 saturated carbocycles. The summed E-state index contributed by atoms with van der Waals surface area (Å²) in [7, 11) is 0. The van der Waals surface area contributed by atoms with E-state index in [0.717, 1.165) is 10.8 Å². The van der Waals surface area contributed by atoms with Crippen LogP contribution in [0.1, 0.15) is 41.5 Å². The van der Waals surface area contributed by atoms with Crippen molar-refractivity contribution >= 4 is 28.9 Å². The van der Waals surface area contributed by atoms with Crippen LogP contribution in [0.15, 0.2) is 18.5 Å². The van der Waals surface area contributed by atoms with Crippen LogP contribution < -0.4 is 5.32 Å². The molecule has 0 aliphatic rings. The van der Waals surface area contributed by atoms with Crippen molar-refractivity contribution in [3.8, 4) is 0 Å². The van der Waals surface area contributed by atoms with E-state index in [0.29, 0.717) is 0 Å². The van der Waals surface area contributed by atoms with Crippen molar-refractivity contribution in [2.45, 2.75) is 52.7 Å². The number of carbonyl (C=O) groups is 2. The molecule has 2 rings (SSSR count). The maximum Gasteiger partial charge on any atom is 0.419 e. The van der Waals surface area contributed by atoms with Gasteiger partial charge in [-0.05, 0) is 47.6 Å². The fraction of sp³-hybridized carbons (Fsp3) is 0.471. The van der Waals surface area contributed by atoms with Gasteiger partial charge >= 0.3 is 12.2 Å². The average molecular weight is 351 g/mol. The molecular weight excluding hydrogens is 329 g/mol. The Kier molecular flexibility index (Phi) is 4.74. The summed E-state index contributed by atoms with van der Waals surface area (Å²) >= 11 is 0. The summed E-state index contributed by atoms with van der Waals surface area (Å²) in [6, 6.07) is 1.43. The number of rotatable bonds is 1. The van der Waals surface area contributed by atoms with Gasteiger partial charge < -0.3 is 9.47 Å². The number of pyridine rings is 1. The summed E-state index contributed by atoms with van der Waals surface area (Å²) in [4.78, 5) is 28.0. The minimum Gasteiger partial charge on any atom is -0.444 e. The summed E-state index contributed by atoms with van der Waals surface area (Å²) in [5.41, 5.74) is -0.945. The lowest BCUT2D eigenvalue weighted by Gasteiger charge is -2.20. The van der Waals surface area contributed by atoms with Crippen LogP contribution in [0.4, 0.5) is 19.7 Å². The number of halogens is 1. The lowest BCUT2D eigenvalue weighted by atomic mass is 10.2. The van der Waals surface area contributed by atoms with Crippen LogP contribution in [0.2, 0.25) is 0 Å². The number of carbonyl (C=O) groups excluding carboxylic acids is 2. The fourth-order valence-corrected chi connectivity index (χ4v) is 2.02. The van der Waals surface area contributed by atoms with Crippen molar-refractivity contribution in [1.29, 1.82) is 0 Å². The van der Waals surface area contributed by atoms with Gasteiger partial charge in [-0.1, -0.05) is 0 Å². The first-order chi connectivity index (χ1) is 11.4. The number of aromatic nitrogens is 2. The van der Waals surface area contributed by atoms with Gasteiger partial charge in [0.25, 0.3) is 0 Å². The van der Waals surface area contributed by atoms with Crippen molar-refractivity contribution in [2.24, 2.45) is 0 Å². The quantitative estimate of drug-likeness (QED) is 0.828. The molecule has 1 amide bonds. The topological polar surface area (TPSA) is 82.5 Å². The molecule has 2 aromatic rings. The third kappa shape index (κ3) is 4.91.